The van der Waals surface area contributed by atoms with Crippen LogP contribution in [0.5, 0.6) is 0 Å². The normalized spacial score (nSPS) is 12.2. The van der Waals surface area contributed by atoms with E-state index in [0.29, 0.717) is 12.1 Å². The summed E-state index contributed by atoms with van der Waals surface area (Å²) in [5.74, 6) is 0.236. The molecule has 1 aromatic heterocycles. The summed E-state index contributed by atoms with van der Waals surface area (Å²) in [6.07, 6.45) is 0.847. The zero-order valence-corrected chi connectivity index (χ0v) is 11.3. The van der Waals surface area contributed by atoms with Gasteiger partial charge in [0.05, 0.1) is 16.9 Å². The smallest absolute Gasteiger partial charge is 0.272 e. The van der Waals surface area contributed by atoms with Crippen LogP contribution in [0.25, 0.3) is 0 Å². The molecule has 1 rings (SSSR count). The van der Waals surface area contributed by atoms with E-state index in [0.717, 1.165) is 12.1 Å². The third-order valence-corrected chi connectivity index (χ3v) is 2.68. The molecule has 17 heavy (non-hydrogen) atoms. The van der Waals surface area contributed by atoms with Crippen LogP contribution in [0.4, 0.5) is 0 Å². The van der Waals surface area contributed by atoms with Crippen LogP contribution < -0.4 is 5.56 Å². The Bertz CT molecular complexity index is 442. The van der Waals surface area contributed by atoms with Gasteiger partial charge < -0.3 is 5.11 Å². The third-order valence-electron chi connectivity index (χ3n) is 2.68. The number of aryl methyl sites for hydroxylation is 1. The quantitative estimate of drug-likeness (QED) is 0.873. The Labute approximate surface area is 102 Å². The van der Waals surface area contributed by atoms with Gasteiger partial charge in [0.1, 0.15) is 0 Å². The van der Waals surface area contributed by atoms with Gasteiger partial charge in [-0.2, -0.15) is 5.10 Å². The van der Waals surface area contributed by atoms with Gasteiger partial charge in [0.15, 0.2) is 0 Å². The number of aromatic nitrogens is 2. The highest BCUT2D eigenvalue weighted by Crippen LogP contribution is 2.19. The van der Waals surface area contributed by atoms with Crippen molar-refractivity contribution in [3.63, 3.8) is 0 Å². The van der Waals surface area contributed by atoms with E-state index in [1.54, 1.807) is 19.9 Å². The topological polar surface area (TPSA) is 55.1 Å². The van der Waals surface area contributed by atoms with Crippen LogP contribution in [0.15, 0.2) is 10.9 Å². The fourth-order valence-electron chi connectivity index (χ4n) is 1.65. The lowest BCUT2D eigenvalue weighted by atomic mass is 9.97. The van der Waals surface area contributed by atoms with E-state index >= 15 is 0 Å². The number of nitrogens with zero attached hydrogens (tertiary/aromatic N) is 2. The largest absolute Gasteiger partial charge is 0.386 e. The molecule has 1 heterocycles. The van der Waals surface area contributed by atoms with Gasteiger partial charge in [0.25, 0.3) is 5.56 Å². The summed E-state index contributed by atoms with van der Waals surface area (Å²) in [5, 5.41) is 14.4. The molecule has 0 saturated carbocycles. The van der Waals surface area contributed by atoms with Gasteiger partial charge in [-0.25, -0.2) is 4.68 Å². The molecule has 0 atom stereocenters. The van der Waals surface area contributed by atoms with Crippen molar-refractivity contribution >= 4 is 0 Å². The van der Waals surface area contributed by atoms with Crippen molar-refractivity contribution in [1.82, 2.24) is 9.78 Å². The van der Waals surface area contributed by atoms with Crippen LogP contribution in [-0.2, 0) is 12.1 Å². The molecule has 0 amide bonds. The Kier molecular flexibility index (Phi) is 4.09. The van der Waals surface area contributed by atoms with Crippen LogP contribution in [0.3, 0.4) is 0 Å². The summed E-state index contributed by atoms with van der Waals surface area (Å²) in [7, 11) is 0. The number of hydrogen-bond acceptors (Lipinski definition) is 3. The van der Waals surface area contributed by atoms with Crippen LogP contribution in [0, 0.1) is 0 Å². The minimum absolute atomic E-state index is 0.191. The van der Waals surface area contributed by atoms with Crippen molar-refractivity contribution in [1.29, 1.82) is 0 Å². The molecule has 1 aromatic rings. The average Bonchev–Trinajstić information content (AvgIpc) is 2.19. The van der Waals surface area contributed by atoms with Crippen LogP contribution >= 0.6 is 0 Å². The number of aliphatic hydroxyl groups is 1. The lowest BCUT2D eigenvalue weighted by Crippen LogP contribution is -2.34. The highest BCUT2D eigenvalue weighted by atomic mass is 16.3. The van der Waals surface area contributed by atoms with Gasteiger partial charge in [-0.1, -0.05) is 20.8 Å². The van der Waals surface area contributed by atoms with E-state index in [4.69, 9.17) is 0 Å². The summed E-state index contributed by atoms with van der Waals surface area (Å²) in [6.45, 7) is 9.89. The standard InChI is InChI=1S/C13H22N2O2/c1-6-7-15-12(16)10(13(4,5)17)8-11(14-15)9(2)3/h8-9,17H,6-7H2,1-5H3. The monoisotopic (exact) mass is 238 g/mol. The predicted octanol–water partition coefficient (Wildman–Crippen LogP) is 2.00. The fourth-order valence-corrected chi connectivity index (χ4v) is 1.65. The highest BCUT2D eigenvalue weighted by Gasteiger charge is 2.23. The minimum atomic E-state index is -1.13. The SMILES string of the molecule is CCCn1nc(C(C)C)cc(C(C)(C)O)c1=O. The van der Waals surface area contributed by atoms with Crippen LogP contribution in [-0.4, -0.2) is 14.9 Å². The predicted molar refractivity (Wildman–Crippen MR) is 68.1 cm³/mol. The Morgan fingerprint density at radius 3 is 2.47 bits per heavy atom. The molecule has 1 N–H and O–H groups in total. The second-order valence-corrected chi connectivity index (χ2v) is 5.22. The van der Waals surface area contributed by atoms with Gasteiger partial charge in [0, 0.05) is 6.54 Å². The van der Waals surface area contributed by atoms with Crippen molar-refractivity contribution < 1.29 is 5.11 Å². The molecular formula is C13H22N2O2. The van der Waals surface area contributed by atoms with Gasteiger partial charge in [-0.05, 0) is 32.3 Å². The molecule has 0 saturated heterocycles. The summed E-state index contributed by atoms with van der Waals surface area (Å²) < 4.78 is 1.46. The molecule has 4 nitrogen and oxygen atoms in total. The molecule has 4 heteroatoms. The van der Waals surface area contributed by atoms with E-state index < -0.39 is 5.60 Å². The Balaban J connectivity index is 3.44. The van der Waals surface area contributed by atoms with Gasteiger partial charge in [-0.3, -0.25) is 4.79 Å². The molecule has 0 unspecified atom stereocenters. The first kappa shape index (κ1) is 13.9. The Hall–Kier alpha value is -1.16. The summed E-state index contributed by atoms with van der Waals surface area (Å²) in [4.78, 5) is 12.1. The Morgan fingerprint density at radius 2 is 2.06 bits per heavy atom. The lowest BCUT2D eigenvalue weighted by Gasteiger charge is -2.20. The van der Waals surface area contributed by atoms with Gasteiger partial charge >= 0.3 is 0 Å². The zero-order chi connectivity index (χ0) is 13.2. The molecule has 0 aliphatic rings. The first-order chi connectivity index (χ1) is 7.77. The van der Waals surface area contributed by atoms with Crippen molar-refractivity contribution in [2.75, 3.05) is 0 Å². The Morgan fingerprint density at radius 1 is 1.47 bits per heavy atom. The third kappa shape index (κ3) is 3.16. The van der Waals surface area contributed by atoms with Crippen molar-refractivity contribution in [2.24, 2.45) is 0 Å². The maximum atomic E-state index is 12.1. The molecule has 0 spiro atoms. The summed E-state index contributed by atoms with van der Waals surface area (Å²) in [5.41, 5.74) is -0.0531. The minimum Gasteiger partial charge on any atom is -0.386 e. The van der Waals surface area contributed by atoms with E-state index in [1.807, 2.05) is 20.8 Å². The maximum absolute atomic E-state index is 12.1. The van der Waals surface area contributed by atoms with Crippen molar-refractivity contribution in [2.45, 2.75) is 59.1 Å². The number of hydrogen-bond donors (Lipinski definition) is 1. The van der Waals surface area contributed by atoms with Crippen molar-refractivity contribution in [3.8, 4) is 0 Å². The second-order valence-electron chi connectivity index (χ2n) is 5.22. The molecule has 0 radical (unpaired) electrons. The highest BCUT2D eigenvalue weighted by molar-refractivity contribution is 5.21. The second kappa shape index (κ2) is 5.00. The van der Waals surface area contributed by atoms with Crippen LogP contribution in [0.1, 0.15) is 58.2 Å². The first-order valence-electron chi connectivity index (χ1n) is 6.12. The molecular weight excluding hydrogens is 216 g/mol. The summed E-state index contributed by atoms with van der Waals surface area (Å²) >= 11 is 0. The molecule has 0 aliphatic carbocycles. The molecule has 0 bridgehead atoms. The van der Waals surface area contributed by atoms with E-state index in [2.05, 4.69) is 5.10 Å². The molecule has 96 valence electrons. The van der Waals surface area contributed by atoms with Crippen LogP contribution in [0.2, 0.25) is 0 Å². The van der Waals surface area contributed by atoms with E-state index in [-0.39, 0.29) is 11.5 Å². The maximum Gasteiger partial charge on any atom is 0.272 e. The molecule has 0 aliphatic heterocycles. The van der Waals surface area contributed by atoms with Gasteiger partial charge in [0.2, 0.25) is 0 Å². The summed E-state index contributed by atoms with van der Waals surface area (Å²) in [6, 6.07) is 1.72. The molecule has 0 aromatic carbocycles. The molecule has 0 fully saturated rings. The number of rotatable bonds is 4. The van der Waals surface area contributed by atoms with E-state index in [1.165, 1.54) is 4.68 Å². The average molecular weight is 238 g/mol. The zero-order valence-electron chi connectivity index (χ0n) is 11.3. The van der Waals surface area contributed by atoms with Crippen molar-refractivity contribution in [3.05, 3.63) is 27.7 Å². The first-order valence-corrected chi connectivity index (χ1v) is 6.12. The van der Waals surface area contributed by atoms with Gasteiger partial charge in [-0.15, -0.1) is 0 Å². The fraction of sp³-hybridized carbons (Fsp3) is 0.692. The van der Waals surface area contributed by atoms with E-state index in [9.17, 15) is 9.90 Å². The lowest BCUT2D eigenvalue weighted by molar-refractivity contribution is 0.0759.